The number of hydrogen-bond acceptors (Lipinski definition) is 5. The first kappa shape index (κ1) is 16.2. The SMILES string of the molecule is CCc1nc(CCNc2cc(C(C)=O)ccc2C#N)sc1C. The van der Waals surface area contributed by atoms with E-state index in [1.807, 2.05) is 0 Å². The Morgan fingerprint density at radius 2 is 2.23 bits per heavy atom. The van der Waals surface area contributed by atoms with Crippen molar-refractivity contribution in [2.75, 3.05) is 11.9 Å². The summed E-state index contributed by atoms with van der Waals surface area (Å²) in [6, 6.07) is 7.25. The van der Waals surface area contributed by atoms with Gasteiger partial charge < -0.3 is 5.32 Å². The monoisotopic (exact) mass is 313 g/mol. The molecule has 2 rings (SSSR count). The summed E-state index contributed by atoms with van der Waals surface area (Å²) in [5, 5.41) is 13.5. The normalized spacial score (nSPS) is 10.3. The molecule has 1 N–H and O–H groups in total. The van der Waals surface area contributed by atoms with Gasteiger partial charge in [0.25, 0.3) is 0 Å². The highest BCUT2D eigenvalue weighted by atomic mass is 32.1. The Labute approximate surface area is 134 Å². The Bertz CT molecular complexity index is 728. The Morgan fingerprint density at radius 1 is 1.45 bits per heavy atom. The molecular formula is C17H19N3OS. The molecule has 2 aromatic rings. The highest BCUT2D eigenvalue weighted by molar-refractivity contribution is 7.11. The maximum atomic E-state index is 11.4. The van der Waals surface area contributed by atoms with Crippen molar-refractivity contribution < 1.29 is 4.79 Å². The predicted molar refractivity (Wildman–Crippen MR) is 89.6 cm³/mol. The second-order valence-corrected chi connectivity index (χ2v) is 6.36. The van der Waals surface area contributed by atoms with Crippen molar-refractivity contribution in [1.82, 2.24) is 4.98 Å². The number of carbonyl (C=O) groups is 1. The number of thiazole rings is 1. The number of aryl methyl sites for hydroxylation is 2. The second-order valence-electron chi connectivity index (χ2n) is 5.07. The molecule has 0 amide bonds. The molecule has 1 aromatic heterocycles. The Kier molecular flexibility index (Phi) is 5.29. The summed E-state index contributed by atoms with van der Waals surface area (Å²) < 4.78 is 0. The molecule has 0 radical (unpaired) electrons. The molecule has 0 atom stereocenters. The molecule has 0 unspecified atom stereocenters. The first-order chi connectivity index (χ1) is 10.5. The van der Waals surface area contributed by atoms with Gasteiger partial charge in [-0.3, -0.25) is 4.79 Å². The van der Waals surface area contributed by atoms with E-state index in [1.165, 1.54) is 11.8 Å². The number of anilines is 1. The van der Waals surface area contributed by atoms with Crippen LogP contribution in [-0.2, 0) is 12.8 Å². The maximum Gasteiger partial charge on any atom is 0.159 e. The van der Waals surface area contributed by atoms with Gasteiger partial charge in [-0.05, 0) is 38.5 Å². The molecule has 0 saturated heterocycles. The molecule has 0 aliphatic rings. The van der Waals surface area contributed by atoms with Crippen molar-refractivity contribution in [3.8, 4) is 6.07 Å². The highest BCUT2D eigenvalue weighted by Gasteiger charge is 2.08. The lowest BCUT2D eigenvalue weighted by Crippen LogP contribution is -2.07. The fraction of sp³-hybridized carbons (Fsp3) is 0.353. The number of nitrogens with zero attached hydrogens (tertiary/aromatic N) is 2. The number of benzene rings is 1. The number of rotatable bonds is 6. The number of ketones is 1. The van der Waals surface area contributed by atoms with Crippen LogP contribution in [0.3, 0.4) is 0 Å². The number of nitrogens with one attached hydrogen (secondary N) is 1. The van der Waals surface area contributed by atoms with E-state index < -0.39 is 0 Å². The van der Waals surface area contributed by atoms with Gasteiger partial charge in [0.05, 0.1) is 22.0 Å². The van der Waals surface area contributed by atoms with Gasteiger partial charge in [0.2, 0.25) is 0 Å². The molecule has 1 aromatic carbocycles. The van der Waals surface area contributed by atoms with Crippen molar-refractivity contribution in [3.63, 3.8) is 0 Å². The quantitative estimate of drug-likeness (QED) is 0.825. The van der Waals surface area contributed by atoms with E-state index in [4.69, 9.17) is 5.26 Å². The molecule has 0 fully saturated rings. The largest absolute Gasteiger partial charge is 0.384 e. The minimum absolute atomic E-state index is 0.00400. The lowest BCUT2D eigenvalue weighted by atomic mass is 10.1. The molecule has 0 saturated carbocycles. The van der Waals surface area contributed by atoms with E-state index in [9.17, 15) is 4.79 Å². The average Bonchev–Trinajstić information content (AvgIpc) is 2.87. The van der Waals surface area contributed by atoms with Gasteiger partial charge in [0.15, 0.2) is 5.78 Å². The molecular weight excluding hydrogens is 294 g/mol. The van der Waals surface area contributed by atoms with Crippen molar-refractivity contribution >= 4 is 22.8 Å². The van der Waals surface area contributed by atoms with Crippen LogP contribution in [0.15, 0.2) is 18.2 Å². The zero-order valence-corrected chi connectivity index (χ0v) is 13.9. The molecule has 5 heteroatoms. The van der Waals surface area contributed by atoms with E-state index in [0.29, 0.717) is 23.4 Å². The average molecular weight is 313 g/mol. The van der Waals surface area contributed by atoms with Crippen LogP contribution < -0.4 is 5.32 Å². The van der Waals surface area contributed by atoms with Crippen LogP contribution in [0.5, 0.6) is 0 Å². The summed E-state index contributed by atoms with van der Waals surface area (Å²) in [5.74, 6) is -0.00400. The molecule has 22 heavy (non-hydrogen) atoms. The summed E-state index contributed by atoms with van der Waals surface area (Å²) in [6.07, 6.45) is 1.76. The number of nitriles is 1. The number of aromatic nitrogens is 1. The van der Waals surface area contributed by atoms with Crippen LogP contribution in [0.4, 0.5) is 5.69 Å². The smallest absolute Gasteiger partial charge is 0.159 e. The van der Waals surface area contributed by atoms with Gasteiger partial charge in [-0.1, -0.05) is 6.92 Å². The van der Waals surface area contributed by atoms with E-state index >= 15 is 0 Å². The zero-order chi connectivity index (χ0) is 16.1. The van der Waals surface area contributed by atoms with Gasteiger partial charge >= 0.3 is 0 Å². The van der Waals surface area contributed by atoms with Crippen LogP contribution >= 0.6 is 11.3 Å². The number of Topliss-reactive ketones (excluding diaryl/α,β-unsaturated/α-hetero) is 1. The predicted octanol–water partition coefficient (Wildman–Crippen LogP) is 3.74. The Balaban J connectivity index is 2.05. The maximum absolute atomic E-state index is 11.4. The first-order valence-electron chi connectivity index (χ1n) is 7.29. The molecule has 0 spiro atoms. The minimum atomic E-state index is -0.00400. The van der Waals surface area contributed by atoms with E-state index in [0.717, 1.165) is 23.5 Å². The molecule has 4 nitrogen and oxygen atoms in total. The van der Waals surface area contributed by atoms with Crippen LogP contribution in [0.2, 0.25) is 0 Å². The molecule has 0 bridgehead atoms. The third-order valence-electron chi connectivity index (χ3n) is 3.47. The van der Waals surface area contributed by atoms with E-state index in [2.05, 4.69) is 30.2 Å². The summed E-state index contributed by atoms with van der Waals surface area (Å²) in [4.78, 5) is 17.3. The van der Waals surface area contributed by atoms with Gasteiger partial charge in [-0.2, -0.15) is 5.26 Å². The van der Waals surface area contributed by atoms with Gasteiger partial charge in [0.1, 0.15) is 6.07 Å². The fourth-order valence-corrected chi connectivity index (χ4v) is 3.25. The minimum Gasteiger partial charge on any atom is -0.384 e. The Hall–Kier alpha value is -2.19. The van der Waals surface area contributed by atoms with Crippen LogP contribution in [-0.4, -0.2) is 17.3 Å². The summed E-state index contributed by atoms with van der Waals surface area (Å²) in [7, 11) is 0. The molecule has 114 valence electrons. The first-order valence-corrected chi connectivity index (χ1v) is 8.11. The van der Waals surface area contributed by atoms with Crippen LogP contribution in [0.1, 0.15) is 45.3 Å². The Morgan fingerprint density at radius 3 is 2.82 bits per heavy atom. The van der Waals surface area contributed by atoms with E-state index in [1.54, 1.807) is 29.5 Å². The van der Waals surface area contributed by atoms with Gasteiger partial charge in [-0.15, -0.1) is 11.3 Å². The van der Waals surface area contributed by atoms with Gasteiger partial charge in [0, 0.05) is 23.4 Å². The zero-order valence-electron chi connectivity index (χ0n) is 13.1. The van der Waals surface area contributed by atoms with Gasteiger partial charge in [-0.25, -0.2) is 4.98 Å². The molecule has 0 aliphatic carbocycles. The summed E-state index contributed by atoms with van der Waals surface area (Å²) in [6.45, 7) is 6.41. The molecule has 1 heterocycles. The fourth-order valence-electron chi connectivity index (χ4n) is 2.23. The van der Waals surface area contributed by atoms with Crippen molar-refractivity contribution in [3.05, 3.63) is 44.9 Å². The number of hydrogen-bond donors (Lipinski definition) is 1. The summed E-state index contributed by atoms with van der Waals surface area (Å²) >= 11 is 1.72. The van der Waals surface area contributed by atoms with Crippen molar-refractivity contribution in [2.45, 2.75) is 33.6 Å². The lowest BCUT2D eigenvalue weighted by molar-refractivity contribution is 0.101. The van der Waals surface area contributed by atoms with E-state index in [-0.39, 0.29) is 5.78 Å². The van der Waals surface area contributed by atoms with Crippen molar-refractivity contribution in [1.29, 1.82) is 5.26 Å². The summed E-state index contributed by atoms with van der Waals surface area (Å²) in [5.41, 5.74) is 3.03. The molecule has 0 aliphatic heterocycles. The van der Waals surface area contributed by atoms with Crippen LogP contribution in [0, 0.1) is 18.3 Å². The third-order valence-corrected chi connectivity index (χ3v) is 4.55. The number of carbonyl (C=O) groups excluding carboxylic acids is 1. The topological polar surface area (TPSA) is 65.8 Å². The van der Waals surface area contributed by atoms with Crippen molar-refractivity contribution in [2.24, 2.45) is 0 Å². The standard InChI is InChI=1S/C17H19N3OS/c1-4-15-12(3)22-17(20-15)7-8-19-16-9-13(11(2)21)5-6-14(16)10-18/h5-6,9,19H,4,7-8H2,1-3H3. The lowest BCUT2D eigenvalue weighted by Gasteiger charge is -2.08. The third kappa shape index (κ3) is 3.71. The highest BCUT2D eigenvalue weighted by Crippen LogP contribution is 2.20. The second kappa shape index (κ2) is 7.19. The van der Waals surface area contributed by atoms with Crippen LogP contribution in [0.25, 0.3) is 0 Å².